The fourth-order valence-corrected chi connectivity index (χ4v) is 5.52. The average Bonchev–Trinajstić information content (AvgIpc) is 3.50. The number of fused-ring (bicyclic) bond motifs is 3. The van der Waals surface area contributed by atoms with Crippen LogP contribution in [0.5, 0.6) is 0 Å². The van der Waals surface area contributed by atoms with E-state index >= 15 is 0 Å². The topological polar surface area (TPSA) is 69.4 Å². The highest BCUT2D eigenvalue weighted by Gasteiger charge is 2.18. The lowest BCUT2D eigenvalue weighted by Crippen LogP contribution is -2.00. The zero-order chi connectivity index (χ0) is 28.6. The monoisotopic (exact) mass is 552 g/mol. The highest BCUT2D eigenvalue weighted by atomic mass is 15.3. The van der Waals surface area contributed by atoms with Crippen LogP contribution in [0.1, 0.15) is 0 Å². The summed E-state index contributed by atoms with van der Waals surface area (Å²) in [4.78, 5) is 18.9. The van der Waals surface area contributed by atoms with Crippen LogP contribution >= 0.6 is 0 Å². The largest absolute Gasteiger partial charge is 0.265 e. The maximum absolute atomic E-state index is 5.18. The fraction of sp³-hybridized carbons (Fsp3) is 0. The lowest BCUT2D eigenvalue weighted by atomic mass is 10.00. The average molecular weight is 553 g/mol. The van der Waals surface area contributed by atoms with Gasteiger partial charge in [-0.2, -0.15) is 5.10 Å². The van der Waals surface area contributed by atoms with Crippen molar-refractivity contribution < 1.29 is 0 Å². The third-order valence-electron chi connectivity index (χ3n) is 7.57. The molecule has 3 aromatic heterocycles. The van der Waals surface area contributed by atoms with Crippen LogP contribution in [0.15, 0.2) is 146 Å². The second-order valence-electron chi connectivity index (χ2n) is 10.3. The third kappa shape index (κ3) is 4.51. The summed E-state index contributed by atoms with van der Waals surface area (Å²) in [6.45, 7) is 0. The van der Waals surface area contributed by atoms with Crippen LogP contribution in [-0.2, 0) is 0 Å². The number of rotatable bonds is 5. The molecule has 0 fully saturated rings. The molecule has 0 aliphatic rings. The molecule has 0 saturated heterocycles. The number of hydrogen-bond donors (Lipinski definition) is 0. The van der Waals surface area contributed by atoms with Gasteiger partial charge in [0.05, 0.1) is 11.2 Å². The van der Waals surface area contributed by atoms with E-state index in [9.17, 15) is 0 Å². The summed E-state index contributed by atoms with van der Waals surface area (Å²) in [7, 11) is 0. The summed E-state index contributed by atoms with van der Waals surface area (Å²) >= 11 is 0. The van der Waals surface area contributed by atoms with Gasteiger partial charge < -0.3 is 0 Å². The Hall–Kier alpha value is -6.01. The minimum absolute atomic E-state index is 0.609. The Bertz CT molecular complexity index is 2170. The summed E-state index contributed by atoms with van der Waals surface area (Å²) < 4.78 is 2.00. The van der Waals surface area contributed by atoms with Gasteiger partial charge in [0.25, 0.3) is 0 Å². The Morgan fingerprint density at radius 1 is 0.465 bits per heavy atom. The zero-order valence-electron chi connectivity index (χ0n) is 23.0. The second kappa shape index (κ2) is 10.4. The normalized spacial score (nSPS) is 11.3. The first kappa shape index (κ1) is 24.8. The van der Waals surface area contributed by atoms with Crippen molar-refractivity contribution >= 4 is 21.7 Å². The maximum Gasteiger partial charge on any atom is 0.164 e. The Morgan fingerprint density at radius 2 is 1.05 bits per heavy atom. The van der Waals surface area contributed by atoms with Crippen LogP contribution in [0.2, 0.25) is 0 Å². The van der Waals surface area contributed by atoms with Crippen molar-refractivity contribution in [1.29, 1.82) is 0 Å². The van der Waals surface area contributed by atoms with E-state index in [1.165, 1.54) is 5.39 Å². The molecule has 0 atom stereocenters. The summed E-state index contributed by atoms with van der Waals surface area (Å²) in [6, 6.07) is 45.0. The van der Waals surface area contributed by atoms with Crippen LogP contribution < -0.4 is 0 Å². The number of aromatic nitrogens is 6. The van der Waals surface area contributed by atoms with E-state index in [0.29, 0.717) is 17.5 Å². The van der Waals surface area contributed by atoms with Crippen molar-refractivity contribution in [3.05, 3.63) is 146 Å². The van der Waals surface area contributed by atoms with E-state index in [1.54, 1.807) is 12.4 Å². The molecular formula is C37H24N6. The smallest absolute Gasteiger partial charge is 0.164 e. The number of pyridine rings is 1. The van der Waals surface area contributed by atoms with Gasteiger partial charge in [-0.05, 0) is 35.0 Å². The van der Waals surface area contributed by atoms with E-state index in [4.69, 9.17) is 20.1 Å². The van der Waals surface area contributed by atoms with Crippen molar-refractivity contribution in [2.75, 3.05) is 0 Å². The molecule has 0 radical (unpaired) electrons. The molecule has 0 aliphatic heterocycles. The Balaban J connectivity index is 1.34. The fourth-order valence-electron chi connectivity index (χ4n) is 5.52. The Kier molecular flexibility index (Phi) is 6.01. The van der Waals surface area contributed by atoms with E-state index in [0.717, 1.165) is 49.9 Å². The van der Waals surface area contributed by atoms with Gasteiger partial charge in [0, 0.05) is 40.0 Å². The van der Waals surface area contributed by atoms with E-state index in [-0.39, 0.29) is 0 Å². The summed E-state index contributed by atoms with van der Waals surface area (Å²) in [6.07, 6.45) is 3.58. The first-order valence-corrected chi connectivity index (χ1v) is 14.1. The van der Waals surface area contributed by atoms with Crippen molar-refractivity contribution in [1.82, 2.24) is 29.7 Å². The highest BCUT2D eigenvalue weighted by molar-refractivity contribution is 6.13. The molecule has 0 spiro atoms. The molecule has 6 nitrogen and oxygen atoms in total. The van der Waals surface area contributed by atoms with E-state index in [2.05, 4.69) is 53.5 Å². The van der Waals surface area contributed by atoms with Gasteiger partial charge in [-0.15, -0.1) is 0 Å². The van der Waals surface area contributed by atoms with Crippen LogP contribution in [0, 0.1) is 0 Å². The highest BCUT2D eigenvalue weighted by Crippen LogP contribution is 2.36. The molecular weight excluding hydrogens is 528 g/mol. The molecule has 0 bridgehead atoms. The van der Waals surface area contributed by atoms with E-state index in [1.807, 2.05) is 89.6 Å². The van der Waals surface area contributed by atoms with Gasteiger partial charge in [-0.3, -0.25) is 4.98 Å². The van der Waals surface area contributed by atoms with Gasteiger partial charge in [-0.25, -0.2) is 19.6 Å². The Labute approximate surface area is 248 Å². The summed E-state index contributed by atoms with van der Waals surface area (Å²) in [5, 5.41) is 8.59. The van der Waals surface area contributed by atoms with Gasteiger partial charge in [0.2, 0.25) is 0 Å². The standard InChI is InChI=1S/C37H24N6/c1-3-11-26(12-4-1)35-39-36(27-13-5-2-6-14-27)41-37(40-35)29-16-9-15-28(24-29)34-33-31-17-8-7-10-25(31)18-19-32(33)43(42-34)30-20-22-38-23-21-30/h1-24H. The molecule has 202 valence electrons. The predicted molar refractivity (Wildman–Crippen MR) is 171 cm³/mol. The molecule has 0 unspecified atom stereocenters. The number of benzene rings is 5. The van der Waals surface area contributed by atoms with Crippen molar-refractivity contribution in [3.8, 4) is 51.1 Å². The van der Waals surface area contributed by atoms with Gasteiger partial charge in [-0.1, -0.05) is 109 Å². The minimum Gasteiger partial charge on any atom is -0.265 e. The second-order valence-corrected chi connectivity index (χ2v) is 10.3. The van der Waals surface area contributed by atoms with Crippen LogP contribution in [0.3, 0.4) is 0 Å². The molecule has 5 aromatic carbocycles. The first-order valence-electron chi connectivity index (χ1n) is 14.1. The molecule has 43 heavy (non-hydrogen) atoms. The zero-order valence-corrected chi connectivity index (χ0v) is 23.0. The molecule has 0 N–H and O–H groups in total. The lowest BCUT2D eigenvalue weighted by Gasteiger charge is -2.09. The molecule has 8 rings (SSSR count). The van der Waals surface area contributed by atoms with Gasteiger partial charge in [0.1, 0.15) is 5.69 Å². The molecule has 0 amide bonds. The molecule has 0 saturated carbocycles. The van der Waals surface area contributed by atoms with Crippen molar-refractivity contribution in [2.24, 2.45) is 0 Å². The minimum atomic E-state index is 0.609. The van der Waals surface area contributed by atoms with Gasteiger partial charge >= 0.3 is 0 Å². The predicted octanol–water partition coefficient (Wildman–Crippen LogP) is 8.43. The quantitative estimate of drug-likeness (QED) is 0.214. The van der Waals surface area contributed by atoms with Crippen LogP contribution in [-0.4, -0.2) is 29.7 Å². The maximum atomic E-state index is 5.18. The lowest BCUT2D eigenvalue weighted by molar-refractivity contribution is 0.911. The van der Waals surface area contributed by atoms with Crippen molar-refractivity contribution in [3.63, 3.8) is 0 Å². The third-order valence-corrected chi connectivity index (χ3v) is 7.57. The van der Waals surface area contributed by atoms with E-state index < -0.39 is 0 Å². The molecule has 6 heteroatoms. The van der Waals surface area contributed by atoms with Crippen molar-refractivity contribution in [2.45, 2.75) is 0 Å². The van der Waals surface area contributed by atoms with Crippen LogP contribution in [0.25, 0.3) is 72.8 Å². The first-order chi connectivity index (χ1) is 21.3. The SMILES string of the molecule is c1ccc(-c2nc(-c3ccccc3)nc(-c3cccc(-c4nn(-c5ccncc5)c5ccc6ccccc6c45)c3)n2)cc1. The number of hydrogen-bond acceptors (Lipinski definition) is 5. The number of nitrogens with zero attached hydrogens (tertiary/aromatic N) is 6. The molecule has 0 aliphatic carbocycles. The summed E-state index contributed by atoms with van der Waals surface area (Å²) in [5.74, 6) is 1.87. The summed E-state index contributed by atoms with van der Waals surface area (Å²) in [5.41, 5.74) is 6.63. The molecule has 3 heterocycles. The molecule has 8 aromatic rings. The van der Waals surface area contributed by atoms with Gasteiger partial charge in [0.15, 0.2) is 17.5 Å². The Morgan fingerprint density at radius 3 is 1.74 bits per heavy atom. The van der Waals surface area contributed by atoms with Crippen LogP contribution in [0.4, 0.5) is 0 Å².